The lowest BCUT2D eigenvalue weighted by Gasteiger charge is -2.09. The van der Waals surface area contributed by atoms with E-state index in [4.69, 9.17) is 9.47 Å². The highest BCUT2D eigenvalue weighted by atomic mass is 32.1. The fourth-order valence-electron chi connectivity index (χ4n) is 3.29. The Morgan fingerprint density at radius 2 is 1.78 bits per heavy atom. The van der Waals surface area contributed by atoms with E-state index in [0.717, 1.165) is 43.4 Å². The van der Waals surface area contributed by atoms with Gasteiger partial charge in [0.05, 0.1) is 18.8 Å². The second-order valence-corrected chi connectivity index (χ2v) is 7.51. The van der Waals surface area contributed by atoms with Gasteiger partial charge in [-0.1, -0.05) is 6.42 Å². The van der Waals surface area contributed by atoms with Crippen LogP contribution in [0.3, 0.4) is 0 Å². The molecule has 27 heavy (non-hydrogen) atoms. The molecule has 1 aromatic carbocycles. The molecule has 1 heterocycles. The van der Waals surface area contributed by atoms with Gasteiger partial charge in [-0.3, -0.25) is 4.79 Å². The van der Waals surface area contributed by atoms with Gasteiger partial charge in [0.1, 0.15) is 10.8 Å². The summed E-state index contributed by atoms with van der Waals surface area (Å²) in [5.41, 5.74) is 2.12. The third-order valence-electron chi connectivity index (χ3n) is 4.56. The average Bonchev–Trinajstić information content (AvgIpc) is 2.83. The van der Waals surface area contributed by atoms with Crippen LogP contribution >= 0.6 is 11.3 Å². The summed E-state index contributed by atoms with van der Waals surface area (Å²) in [6.07, 6.45) is 5.15. The lowest BCUT2D eigenvalue weighted by Crippen LogP contribution is -2.15. The van der Waals surface area contributed by atoms with Crippen LogP contribution in [0.2, 0.25) is 0 Å². The van der Waals surface area contributed by atoms with Crippen LogP contribution in [-0.4, -0.2) is 25.1 Å². The van der Waals surface area contributed by atoms with Gasteiger partial charge in [-0.2, -0.15) is 0 Å². The number of nitrogens with one attached hydrogen (secondary N) is 1. The van der Waals surface area contributed by atoms with Crippen LogP contribution in [-0.2, 0) is 17.6 Å². The molecule has 0 bridgehead atoms. The molecule has 1 N–H and O–H groups in total. The van der Waals surface area contributed by atoms with Crippen LogP contribution in [0, 0.1) is 0 Å². The molecule has 1 aliphatic rings. The standard InChI is InChI=1S/C21H25NO4S/c1-3-25-15-12-10-14(11-13-15)19(23)22-20-18(21(24)26-4-2)16-8-6-5-7-9-17(16)27-20/h10-13H,3-9H2,1-2H3,(H,22,23). The second-order valence-electron chi connectivity index (χ2n) is 6.40. The lowest BCUT2D eigenvalue weighted by molar-refractivity contribution is 0.0527. The number of hydrogen-bond acceptors (Lipinski definition) is 5. The molecule has 0 fully saturated rings. The summed E-state index contributed by atoms with van der Waals surface area (Å²) in [5.74, 6) is 0.142. The number of carbonyl (C=O) groups is 2. The highest BCUT2D eigenvalue weighted by molar-refractivity contribution is 7.17. The van der Waals surface area contributed by atoms with Crippen molar-refractivity contribution in [3.8, 4) is 5.75 Å². The van der Waals surface area contributed by atoms with Gasteiger partial charge < -0.3 is 14.8 Å². The molecule has 3 rings (SSSR count). The molecule has 0 spiro atoms. The number of amides is 1. The molecule has 5 nitrogen and oxygen atoms in total. The van der Waals surface area contributed by atoms with Crippen molar-refractivity contribution in [2.24, 2.45) is 0 Å². The van der Waals surface area contributed by atoms with E-state index >= 15 is 0 Å². The Labute approximate surface area is 163 Å². The molecular weight excluding hydrogens is 362 g/mol. The first-order valence-electron chi connectivity index (χ1n) is 9.49. The highest BCUT2D eigenvalue weighted by Crippen LogP contribution is 2.38. The van der Waals surface area contributed by atoms with E-state index in [-0.39, 0.29) is 11.9 Å². The van der Waals surface area contributed by atoms with Gasteiger partial charge in [0, 0.05) is 10.4 Å². The zero-order chi connectivity index (χ0) is 19.2. The monoisotopic (exact) mass is 387 g/mol. The van der Waals surface area contributed by atoms with Crippen molar-refractivity contribution in [2.45, 2.75) is 46.0 Å². The minimum atomic E-state index is -0.348. The molecule has 0 atom stereocenters. The summed E-state index contributed by atoms with van der Waals surface area (Å²) < 4.78 is 10.7. The minimum Gasteiger partial charge on any atom is -0.494 e. The maximum atomic E-state index is 12.7. The Kier molecular flexibility index (Phi) is 6.50. The number of aryl methyl sites for hydroxylation is 1. The number of hydrogen-bond donors (Lipinski definition) is 1. The topological polar surface area (TPSA) is 64.6 Å². The third-order valence-corrected chi connectivity index (χ3v) is 5.76. The predicted molar refractivity (Wildman–Crippen MR) is 107 cm³/mol. The van der Waals surface area contributed by atoms with Gasteiger partial charge in [-0.25, -0.2) is 4.79 Å². The largest absolute Gasteiger partial charge is 0.494 e. The van der Waals surface area contributed by atoms with E-state index < -0.39 is 0 Å². The smallest absolute Gasteiger partial charge is 0.341 e. The van der Waals surface area contributed by atoms with Crippen molar-refractivity contribution >= 4 is 28.2 Å². The summed E-state index contributed by atoms with van der Waals surface area (Å²) in [6, 6.07) is 6.99. The summed E-state index contributed by atoms with van der Waals surface area (Å²) in [5, 5.41) is 3.53. The molecule has 0 saturated heterocycles. The summed E-state index contributed by atoms with van der Waals surface area (Å²) in [4.78, 5) is 26.5. The van der Waals surface area contributed by atoms with Crippen molar-refractivity contribution in [2.75, 3.05) is 18.5 Å². The van der Waals surface area contributed by atoms with Crippen molar-refractivity contribution in [1.82, 2.24) is 0 Å². The highest BCUT2D eigenvalue weighted by Gasteiger charge is 2.26. The number of benzene rings is 1. The van der Waals surface area contributed by atoms with Crippen molar-refractivity contribution in [3.63, 3.8) is 0 Å². The van der Waals surface area contributed by atoms with Gasteiger partial charge >= 0.3 is 5.97 Å². The minimum absolute atomic E-state index is 0.236. The molecule has 0 unspecified atom stereocenters. The van der Waals surface area contributed by atoms with Crippen molar-refractivity contribution in [1.29, 1.82) is 0 Å². The van der Waals surface area contributed by atoms with Gasteiger partial charge in [0.15, 0.2) is 0 Å². The number of fused-ring (bicyclic) bond motifs is 1. The molecule has 1 amide bonds. The van der Waals surface area contributed by atoms with E-state index in [2.05, 4.69) is 5.32 Å². The van der Waals surface area contributed by atoms with Crippen LogP contribution in [0.25, 0.3) is 0 Å². The summed E-state index contributed by atoms with van der Waals surface area (Å²) >= 11 is 1.51. The quantitative estimate of drug-likeness (QED) is 0.569. The van der Waals surface area contributed by atoms with Crippen LogP contribution in [0.5, 0.6) is 5.75 Å². The van der Waals surface area contributed by atoms with Crippen LogP contribution in [0.15, 0.2) is 24.3 Å². The summed E-state index contributed by atoms with van der Waals surface area (Å²) in [6.45, 7) is 4.60. The summed E-state index contributed by atoms with van der Waals surface area (Å²) in [7, 11) is 0. The Morgan fingerprint density at radius 1 is 1.04 bits per heavy atom. The maximum absolute atomic E-state index is 12.7. The van der Waals surface area contributed by atoms with Gasteiger partial charge in [-0.15, -0.1) is 11.3 Å². The van der Waals surface area contributed by atoms with E-state index in [1.807, 2.05) is 6.92 Å². The SMILES string of the molecule is CCOC(=O)c1c(NC(=O)c2ccc(OCC)cc2)sc2c1CCCCC2. The molecule has 6 heteroatoms. The fourth-order valence-corrected chi connectivity index (χ4v) is 4.57. The van der Waals surface area contributed by atoms with Gasteiger partial charge in [0.25, 0.3) is 5.91 Å². The van der Waals surface area contributed by atoms with Crippen molar-refractivity contribution in [3.05, 3.63) is 45.8 Å². The molecule has 0 aliphatic heterocycles. The third kappa shape index (κ3) is 4.50. The number of rotatable bonds is 6. The Hall–Kier alpha value is -2.34. The van der Waals surface area contributed by atoms with E-state index in [1.54, 1.807) is 31.2 Å². The Bertz CT molecular complexity index is 810. The maximum Gasteiger partial charge on any atom is 0.341 e. The molecule has 2 aromatic rings. The van der Waals surface area contributed by atoms with Crippen LogP contribution in [0.4, 0.5) is 5.00 Å². The second kappa shape index (κ2) is 9.04. The van der Waals surface area contributed by atoms with E-state index in [1.165, 1.54) is 16.2 Å². The zero-order valence-corrected chi connectivity index (χ0v) is 16.6. The molecule has 144 valence electrons. The van der Waals surface area contributed by atoms with E-state index in [0.29, 0.717) is 29.3 Å². The number of esters is 1. The average molecular weight is 388 g/mol. The van der Waals surface area contributed by atoms with Gasteiger partial charge in [-0.05, 0) is 69.4 Å². The number of anilines is 1. The zero-order valence-electron chi connectivity index (χ0n) is 15.8. The van der Waals surface area contributed by atoms with Crippen LogP contribution in [0.1, 0.15) is 64.3 Å². The fraction of sp³-hybridized carbons (Fsp3) is 0.429. The number of ether oxygens (including phenoxy) is 2. The van der Waals surface area contributed by atoms with Crippen LogP contribution < -0.4 is 10.1 Å². The molecular formula is C21H25NO4S. The predicted octanol–water partition coefficient (Wildman–Crippen LogP) is 4.84. The number of thiophene rings is 1. The van der Waals surface area contributed by atoms with Crippen molar-refractivity contribution < 1.29 is 19.1 Å². The molecule has 1 aromatic heterocycles. The first kappa shape index (κ1) is 19.4. The van der Waals surface area contributed by atoms with Gasteiger partial charge in [0.2, 0.25) is 0 Å². The first-order chi connectivity index (χ1) is 13.1. The normalized spacial score (nSPS) is 13.4. The first-order valence-corrected chi connectivity index (χ1v) is 10.3. The van der Waals surface area contributed by atoms with E-state index in [9.17, 15) is 9.59 Å². The molecule has 1 aliphatic carbocycles. The Morgan fingerprint density at radius 3 is 2.48 bits per heavy atom. The Balaban J connectivity index is 1.86. The molecule has 0 saturated carbocycles. The molecule has 0 radical (unpaired) electrons. The lowest BCUT2D eigenvalue weighted by atomic mass is 10.1. The number of carbonyl (C=O) groups excluding carboxylic acids is 2.